The zero-order valence-corrected chi connectivity index (χ0v) is 16.3. The molecule has 3 heteroatoms. The van der Waals surface area contributed by atoms with Crippen molar-refractivity contribution in [2.24, 2.45) is 17.3 Å². The molecule has 0 bridgehead atoms. The largest absolute Gasteiger partial charge is 0.375 e. The van der Waals surface area contributed by atoms with Crippen molar-refractivity contribution in [2.75, 3.05) is 26.2 Å². The molecular formula is C21H38N2O. The highest BCUT2D eigenvalue weighted by atomic mass is 16.5. The van der Waals surface area contributed by atoms with Crippen molar-refractivity contribution in [1.82, 2.24) is 9.80 Å². The summed E-state index contributed by atoms with van der Waals surface area (Å²) < 4.78 is 6.42. The Kier molecular flexibility index (Phi) is 4.73. The second-order valence-electron chi connectivity index (χ2n) is 9.75. The summed E-state index contributed by atoms with van der Waals surface area (Å²) in [6, 6.07) is 1.52. The fraction of sp³-hybridized carbons (Fsp3) is 1.00. The van der Waals surface area contributed by atoms with Crippen molar-refractivity contribution in [3.63, 3.8) is 0 Å². The normalized spacial score (nSPS) is 41.5. The van der Waals surface area contributed by atoms with Gasteiger partial charge in [-0.05, 0) is 76.2 Å². The second-order valence-corrected chi connectivity index (χ2v) is 9.75. The highest BCUT2D eigenvalue weighted by Crippen LogP contribution is 2.62. The maximum Gasteiger partial charge on any atom is 0.0608 e. The van der Waals surface area contributed by atoms with Gasteiger partial charge < -0.3 is 9.64 Å². The van der Waals surface area contributed by atoms with E-state index in [1.165, 1.54) is 64.7 Å². The van der Waals surface area contributed by atoms with Crippen LogP contribution >= 0.6 is 0 Å². The lowest BCUT2D eigenvalue weighted by atomic mass is 9.81. The van der Waals surface area contributed by atoms with Crippen molar-refractivity contribution in [3.8, 4) is 0 Å². The van der Waals surface area contributed by atoms with E-state index in [1.54, 1.807) is 0 Å². The maximum atomic E-state index is 6.42. The number of hydrogen-bond acceptors (Lipinski definition) is 3. The standard InChI is InChI=1S/C21H38N2O/c1-15(2)21-7-10-23(14-17(21)13-21)18-11-20(12-18)24-19-5-8-22(9-6-19)16(3)4/h15-20H,5-14H2,1-4H3. The molecule has 0 spiro atoms. The zero-order chi connectivity index (χ0) is 16.9. The number of rotatable bonds is 5. The smallest absolute Gasteiger partial charge is 0.0608 e. The predicted molar refractivity (Wildman–Crippen MR) is 99.2 cm³/mol. The van der Waals surface area contributed by atoms with Gasteiger partial charge >= 0.3 is 0 Å². The molecule has 138 valence electrons. The van der Waals surface area contributed by atoms with Crippen LogP contribution in [0.4, 0.5) is 0 Å². The molecule has 0 N–H and O–H groups in total. The number of fused-ring (bicyclic) bond motifs is 1. The molecule has 0 radical (unpaired) electrons. The van der Waals surface area contributed by atoms with Crippen LogP contribution in [0.1, 0.15) is 66.2 Å². The lowest BCUT2D eigenvalue weighted by Crippen LogP contribution is -2.52. The van der Waals surface area contributed by atoms with Crippen LogP contribution in [0, 0.1) is 17.3 Å². The van der Waals surface area contributed by atoms with Gasteiger partial charge in [-0.25, -0.2) is 0 Å². The van der Waals surface area contributed by atoms with E-state index in [1.807, 2.05) is 0 Å². The molecule has 2 heterocycles. The molecule has 4 fully saturated rings. The third-order valence-corrected chi connectivity index (χ3v) is 7.93. The summed E-state index contributed by atoms with van der Waals surface area (Å²) in [7, 11) is 0. The Labute approximate surface area is 149 Å². The molecule has 24 heavy (non-hydrogen) atoms. The van der Waals surface area contributed by atoms with Gasteiger partial charge in [-0.2, -0.15) is 0 Å². The van der Waals surface area contributed by atoms with Crippen molar-refractivity contribution in [2.45, 2.75) is 90.5 Å². The first-order valence-electron chi connectivity index (χ1n) is 10.6. The monoisotopic (exact) mass is 334 g/mol. The van der Waals surface area contributed by atoms with E-state index in [0.717, 1.165) is 23.3 Å². The SMILES string of the molecule is CC(C)N1CCC(OC2CC(N3CCC4(C(C)C)CC4C3)C2)CC1. The molecule has 0 amide bonds. The van der Waals surface area contributed by atoms with Crippen LogP contribution in [0.15, 0.2) is 0 Å². The second kappa shape index (κ2) is 6.55. The number of nitrogens with zero attached hydrogens (tertiary/aromatic N) is 2. The lowest BCUT2D eigenvalue weighted by Gasteiger charge is -2.47. The van der Waals surface area contributed by atoms with Crippen molar-refractivity contribution in [3.05, 3.63) is 0 Å². The Morgan fingerprint density at radius 2 is 1.67 bits per heavy atom. The Bertz CT molecular complexity index is 437. The minimum atomic E-state index is 0.532. The van der Waals surface area contributed by atoms with E-state index >= 15 is 0 Å². The van der Waals surface area contributed by atoms with Crippen LogP contribution in [-0.2, 0) is 4.74 Å². The van der Waals surface area contributed by atoms with E-state index in [2.05, 4.69) is 37.5 Å². The molecule has 2 atom stereocenters. The molecule has 2 aliphatic heterocycles. The summed E-state index contributed by atoms with van der Waals surface area (Å²) in [5.41, 5.74) is 0.737. The molecule has 3 nitrogen and oxygen atoms in total. The average molecular weight is 335 g/mol. The fourth-order valence-electron chi connectivity index (χ4n) is 5.75. The van der Waals surface area contributed by atoms with Crippen LogP contribution in [0.2, 0.25) is 0 Å². The van der Waals surface area contributed by atoms with Crippen molar-refractivity contribution >= 4 is 0 Å². The molecule has 0 aromatic heterocycles. The topological polar surface area (TPSA) is 15.7 Å². The Morgan fingerprint density at radius 1 is 0.958 bits per heavy atom. The van der Waals surface area contributed by atoms with Gasteiger partial charge in [0, 0.05) is 31.7 Å². The van der Waals surface area contributed by atoms with Gasteiger partial charge in [0.15, 0.2) is 0 Å². The maximum absolute atomic E-state index is 6.42. The highest BCUT2D eigenvalue weighted by Gasteiger charge is 2.58. The van der Waals surface area contributed by atoms with Gasteiger partial charge in [0.25, 0.3) is 0 Å². The van der Waals surface area contributed by atoms with Gasteiger partial charge in [0.2, 0.25) is 0 Å². The number of piperidine rings is 2. The van der Waals surface area contributed by atoms with Gasteiger partial charge in [0.05, 0.1) is 12.2 Å². The van der Waals surface area contributed by atoms with Crippen LogP contribution in [0.25, 0.3) is 0 Å². The van der Waals surface area contributed by atoms with Crippen molar-refractivity contribution in [1.29, 1.82) is 0 Å². The third kappa shape index (κ3) is 3.17. The average Bonchev–Trinajstić information content (AvgIpc) is 3.26. The summed E-state index contributed by atoms with van der Waals surface area (Å²) in [6.07, 6.45) is 9.11. The number of ether oxygens (including phenoxy) is 1. The van der Waals surface area contributed by atoms with Crippen LogP contribution in [-0.4, -0.2) is 60.3 Å². The number of likely N-dealkylation sites (tertiary alicyclic amines) is 2. The highest BCUT2D eigenvalue weighted by molar-refractivity contribution is 5.09. The van der Waals surface area contributed by atoms with Gasteiger partial charge in [-0.15, -0.1) is 0 Å². The minimum Gasteiger partial charge on any atom is -0.375 e. The van der Waals surface area contributed by atoms with Gasteiger partial charge in [0.1, 0.15) is 0 Å². The molecule has 4 rings (SSSR count). The van der Waals surface area contributed by atoms with Crippen molar-refractivity contribution < 1.29 is 4.74 Å². The first-order chi connectivity index (χ1) is 11.5. The van der Waals surface area contributed by atoms with Gasteiger partial charge in [-0.3, -0.25) is 4.90 Å². The summed E-state index contributed by atoms with van der Waals surface area (Å²) in [5.74, 6) is 1.89. The molecule has 2 unspecified atom stereocenters. The molecular weight excluding hydrogens is 296 g/mol. The molecule has 4 aliphatic rings. The molecule has 2 aliphatic carbocycles. The lowest BCUT2D eigenvalue weighted by molar-refractivity contribution is -0.109. The summed E-state index contributed by atoms with van der Waals surface area (Å²) in [6.45, 7) is 14.7. The summed E-state index contributed by atoms with van der Waals surface area (Å²) >= 11 is 0. The van der Waals surface area contributed by atoms with E-state index in [9.17, 15) is 0 Å². The first-order valence-corrected chi connectivity index (χ1v) is 10.6. The van der Waals surface area contributed by atoms with Crippen LogP contribution in [0.5, 0.6) is 0 Å². The van der Waals surface area contributed by atoms with Crippen LogP contribution < -0.4 is 0 Å². The molecule has 0 aromatic carbocycles. The minimum absolute atomic E-state index is 0.532. The Morgan fingerprint density at radius 3 is 2.25 bits per heavy atom. The van der Waals surface area contributed by atoms with E-state index in [-0.39, 0.29) is 0 Å². The number of hydrogen-bond donors (Lipinski definition) is 0. The van der Waals surface area contributed by atoms with E-state index < -0.39 is 0 Å². The zero-order valence-electron chi connectivity index (χ0n) is 16.3. The van der Waals surface area contributed by atoms with Crippen LogP contribution in [0.3, 0.4) is 0 Å². The Hall–Kier alpha value is -0.120. The molecule has 2 saturated carbocycles. The molecule has 0 aromatic rings. The first kappa shape index (κ1) is 17.3. The summed E-state index contributed by atoms with van der Waals surface area (Å²) in [5, 5.41) is 0. The molecule has 2 saturated heterocycles. The Balaban J connectivity index is 1.16. The third-order valence-electron chi connectivity index (χ3n) is 7.93. The van der Waals surface area contributed by atoms with E-state index in [4.69, 9.17) is 4.74 Å². The predicted octanol–water partition coefficient (Wildman–Crippen LogP) is 3.77. The quantitative estimate of drug-likeness (QED) is 0.761. The van der Waals surface area contributed by atoms with E-state index in [0.29, 0.717) is 18.2 Å². The van der Waals surface area contributed by atoms with Gasteiger partial charge in [-0.1, -0.05) is 13.8 Å². The summed E-state index contributed by atoms with van der Waals surface area (Å²) in [4.78, 5) is 5.40. The fourth-order valence-corrected chi connectivity index (χ4v) is 5.75.